The fourth-order valence-corrected chi connectivity index (χ4v) is 2.58. The molecule has 0 saturated heterocycles. The van der Waals surface area contributed by atoms with Crippen LogP contribution in [0.1, 0.15) is 46.5 Å². The van der Waals surface area contributed by atoms with E-state index in [2.05, 4.69) is 29.5 Å². The zero-order chi connectivity index (χ0) is 15.4. The molecule has 0 aliphatic carbocycles. The first-order chi connectivity index (χ1) is 9.49. The zero-order valence-electron chi connectivity index (χ0n) is 13.8. The molecule has 0 rings (SSSR count). The number of hydrogen-bond donors (Lipinski definition) is 2. The van der Waals surface area contributed by atoms with Crippen LogP contribution in [-0.2, 0) is 9.84 Å². The topological polar surface area (TPSA) is 70.6 Å². The maximum Gasteiger partial charge on any atom is 0.191 e. The summed E-state index contributed by atoms with van der Waals surface area (Å²) in [5, 5.41) is 6.33. The number of hydrogen-bond acceptors (Lipinski definition) is 3. The van der Waals surface area contributed by atoms with Gasteiger partial charge in [0.2, 0.25) is 0 Å². The van der Waals surface area contributed by atoms with Crippen molar-refractivity contribution in [1.82, 2.24) is 10.6 Å². The molecule has 2 N–H and O–H groups in total. The lowest BCUT2D eigenvalue weighted by molar-refractivity contribution is 0.444. The number of unbranched alkanes of at least 4 members (excludes halogenated alkanes) is 1. The number of halogens is 1. The van der Waals surface area contributed by atoms with Gasteiger partial charge in [-0.2, -0.15) is 0 Å². The van der Waals surface area contributed by atoms with E-state index >= 15 is 0 Å². The molecule has 1 unspecified atom stereocenters. The lowest BCUT2D eigenvalue weighted by atomic mass is 9.99. The van der Waals surface area contributed by atoms with Gasteiger partial charge in [-0.25, -0.2) is 8.42 Å². The highest BCUT2D eigenvalue weighted by Gasteiger charge is 2.09. The summed E-state index contributed by atoms with van der Waals surface area (Å²) in [4.78, 5) is 4.12. The molecule has 0 fully saturated rings. The van der Waals surface area contributed by atoms with Crippen molar-refractivity contribution >= 4 is 39.8 Å². The Hall–Kier alpha value is -0.0500. The standard InChI is InChI=1S/C14H31N3O2S.HI/c1-5-8-9-13(6-2)12-17-14(15-4)16-10-11-20(18,19)7-3;/h13H,5-12H2,1-4H3,(H2,15,16,17);1H. The molecular formula is C14H32IN3O2S. The number of sulfone groups is 1. The van der Waals surface area contributed by atoms with Crippen molar-refractivity contribution in [3.05, 3.63) is 0 Å². The Morgan fingerprint density at radius 2 is 1.86 bits per heavy atom. The van der Waals surface area contributed by atoms with Gasteiger partial charge in [0.1, 0.15) is 0 Å². The van der Waals surface area contributed by atoms with Crippen LogP contribution in [0, 0.1) is 5.92 Å². The largest absolute Gasteiger partial charge is 0.356 e. The van der Waals surface area contributed by atoms with Crippen molar-refractivity contribution in [1.29, 1.82) is 0 Å². The van der Waals surface area contributed by atoms with E-state index in [1.807, 2.05) is 0 Å². The highest BCUT2D eigenvalue weighted by molar-refractivity contribution is 14.0. The van der Waals surface area contributed by atoms with Crippen molar-refractivity contribution in [2.45, 2.75) is 46.5 Å². The van der Waals surface area contributed by atoms with Crippen LogP contribution in [0.2, 0.25) is 0 Å². The lowest BCUT2D eigenvalue weighted by Crippen LogP contribution is -2.41. The third kappa shape index (κ3) is 12.2. The Morgan fingerprint density at radius 1 is 1.19 bits per heavy atom. The Morgan fingerprint density at radius 3 is 2.33 bits per heavy atom. The third-order valence-electron chi connectivity index (χ3n) is 3.47. The van der Waals surface area contributed by atoms with Crippen LogP contribution in [0.3, 0.4) is 0 Å². The van der Waals surface area contributed by atoms with Gasteiger partial charge in [0, 0.05) is 25.9 Å². The molecule has 5 nitrogen and oxygen atoms in total. The molecule has 0 aromatic heterocycles. The monoisotopic (exact) mass is 433 g/mol. The van der Waals surface area contributed by atoms with Gasteiger partial charge in [0.15, 0.2) is 15.8 Å². The summed E-state index contributed by atoms with van der Waals surface area (Å²) in [5.74, 6) is 1.67. The number of rotatable bonds is 10. The molecule has 0 aliphatic rings. The molecule has 0 radical (unpaired) electrons. The second kappa shape index (κ2) is 13.6. The molecule has 21 heavy (non-hydrogen) atoms. The summed E-state index contributed by atoms with van der Waals surface area (Å²) in [6.07, 6.45) is 4.84. The predicted octanol–water partition coefficient (Wildman–Crippen LogP) is 2.42. The summed E-state index contributed by atoms with van der Waals surface area (Å²) in [6, 6.07) is 0. The number of nitrogens with one attached hydrogen (secondary N) is 2. The van der Waals surface area contributed by atoms with Crippen LogP contribution in [-0.4, -0.2) is 46.0 Å². The number of nitrogens with zero attached hydrogens (tertiary/aromatic N) is 1. The quantitative estimate of drug-likeness (QED) is 0.316. The van der Waals surface area contributed by atoms with E-state index in [9.17, 15) is 8.42 Å². The van der Waals surface area contributed by atoms with Crippen LogP contribution in [0.15, 0.2) is 4.99 Å². The highest BCUT2D eigenvalue weighted by Crippen LogP contribution is 2.10. The van der Waals surface area contributed by atoms with Crippen molar-refractivity contribution in [2.75, 3.05) is 31.6 Å². The van der Waals surface area contributed by atoms with Gasteiger partial charge < -0.3 is 10.6 Å². The van der Waals surface area contributed by atoms with E-state index < -0.39 is 9.84 Å². The molecule has 0 amide bonds. The van der Waals surface area contributed by atoms with Crippen molar-refractivity contribution < 1.29 is 8.42 Å². The molecule has 0 heterocycles. The summed E-state index contributed by atoms with van der Waals surface area (Å²) in [6.45, 7) is 7.36. The summed E-state index contributed by atoms with van der Waals surface area (Å²) < 4.78 is 22.8. The van der Waals surface area contributed by atoms with E-state index in [0.717, 1.165) is 13.0 Å². The minimum absolute atomic E-state index is 0. The van der Waals surface area contributed by atoms with Gasteiger partial charge in [-0.1, -0.05) is 40.0 Å². The van der Waals surface area contributed by atoms with Crippen LogP contribution in [0.4, 0.5) is 0 Å². The summed E-state index contributed by atoms with van der Waals surface area (Å²) in [5.41, 5.74) is 0. The normalized spacial score (nSPS) is 13.4. The Kier molecular flexibility index (Phi) is 15.0. The Labute approximate surface area is 147 Å². The zero-order valence-corrected chi connectivity index (χ0v) is 17.0. The van der Waals surface area contributed by atoms with Crippen molar-refractivity contribution in [2.24, 2.45) is 10.9 Å². The molecule has 0 spiro atoms. The van der Waals surface area contributed by atoms with Gasteiger partial charge in [-0.15, -0.1) is 24.0 Å². The molecular weight excluding hydrogens is 401 g/mol. The van der Waals surface area contributed by atoms with E-state index in [4.69, 9.17) is 0 Å². The fraction of sp³-hybridized carbons (Fsp3) is 0.929. The molecule has 0 aromatic carbocycles. The van der Waals surface area contributed by atoms with Gasteiger partial charge in [0.25, 0.3) is 0 Å². The summed E-state index contributed by atoms with van der Waals surface area (Å²) in [7, 11) is -1.21. The minimum Gasteiger partial charge on any atom is -0.356 e. The van der Waals surface area contributed by atoms with E-state index in [1.165, 1.54) is 19.3 Å². The second-order valence-electron chi connectivity index (χ2n) is 5.03. The van der Waals surface area contributed by atoms with E-state index in [0.29, 0.717) is 18.4 Å². The molecule has 0 aromatic rings. The first kappa shape index (κ1) is 23.2. The molecule has 0 aliphatic heterocycles. The van der Waals surface area contributed by atoms with Gasteiger partial charge in [0.05, 0.1) is 5.75 Å². The fourth-order valence-electron chi connectivity index (χ4n) is 1.87. The average molecular weight is 433 g/mol. The minimum atomic E-state index is -2.92. The van der Waals surface area contributed by atoms with Gasteiger partial charge >= 0.3 is 0 Å². The molecule has 1 atom stereocenters. The Bertz CT molecular complexity index is 372. The third-order valence-corrected chi connectivity index (χ3v) is 5.18. The van der Waals surface area contributed by atoms with Crippen LogP contribution in [0.5, 0.6) is 0 Å². The van der Waals surface area contributed by atoms with Crippen LogP contribution < -0.4 is 10.6 Å². The van der Waals surface area contributed by atoms with Crippen LogP contribution in [0.25, 0.3) is 0 Å². The molecule has 0 saturated carbocycles. The molecule has 7 heteroatoms. The van der Waals surface area contributed by atoms with Crippen molar-refractivity contribution in [3.63, 3.8) is 0 Å². The van der Waals surface area contributed by atoms with Gasteiger partial charge in [-0.3, -0.25) is 4.99 Å². The maximum atomic E-state index is 11.4. The summed E-state index contributed by atoms with van der Waals surface area (Å²) >= 11 is 0. The highest BCUT2D eigenvalue weighted by atomic mass is 127. The first-order valence-corrected chi connectivity index (χ1v) is 9.46. The van der Waals surface area contributed by atoms with Crippen LogP contribution >= 0.6 is 24.0 Å². The predicted molar refractivity (Wildman–Crippen MR) is 102 cm³/mol. The average Bonchev–Trinajstić information content (AvgIpc) is 2.45. The van der Waals surface area contributed by atoms with E-state index in [-0.39, 0.29) is 35.5 Å². The SMILES string of the molecule is CCCCC(CC)CNC(=NC)NCCS(=O)(=O)CC.I. The van der Waals surface area contributed by atoms with Crippen molar-refractivity contribution in [3.8, 4) is 0 Å². The molecule has 128 valence electrons. The Balaban J connectivity index is 0. The van der Waals surface area contributed by atoms with Gasteiger partial charge in [-0.05, 0) is 12.3 Å². The number of guanidine groups is 1. The lowest BCUT2D eigenvalue weighted by Gasteiger charge is -2.18. The smallest absolute Gasteiger partial charge is 0.191 e. The first-order valence-electron chi connectivity index (χ1n) is 7.63. The molecule has 0 bridgehead atoms. The van der Waals surface area contributed by atoms with E-state index in [1.54, 1.807) is 14.0 Å². The number of aliphatic imine (C=N–C) groups is 1. The second-order valence-corrected chi connectivity index (χ2v) is 7.51. The maximum absolute atomic E-state index is 11.4.